The Labute approximate surface area is 214 Å². The van der Waals surface area contributed by atoms with Gasteiger partial charge in [-0.3, -0.25) is 14.7 Å². The summed E-state index contributed by atoms with van der Waals surface area (Å²) in [5.74, 6) is -1.00. The Morgan fingerprint density at radius 1 is 1.08 bits per heavy atom. The Bertz CT molecular complexity index is 1220. The zero-order valence-corrected chi connectivity index (χ0v) is 21.2. The summed E-state index contributed by atoms with van der Waals surface area (Å²) in [6.07, 6.45) is -7.94. The highest BCUT2D eigenvalue weighted by atomic mass is 32.1. The number of rotatable bonds is 9. The maximum Gasteiger partial charge on any atom is 0.435 e. The SMILES string of the molecule is CCN(Cc1cccnc1-c1nc(C(F)(F)F)c(C(=O)NCCc2cccc(C(F)(F)F)c2)s1)C(C)C. The van der Waals surface area contributed by atoms with Gasteiger partial charge in [0, 0.05) is 25.3 Å². The lowest BCUT2D eigenvalue weighted by atomic mass is 10.1. The van der Waals surface area contributed by atoms with Gasteiger partial charge in [-0.15, -0.1) is 11.3 Å². The van der Waals surface area contributed by atoms with E-state index in [1.54, 1.807) is 12.1 Å². The van der Waals surface area contributed by atoms with Crippen molar-refractivity contribution in [1.29, 1.82) is 0 Å². The largest absolute Gasteiger partial charge is 0.435 e. The molecule has 0 spiro atoms. The van der Waals surface area contributed by atoms with Crippen molar-refractivity contribution in [1.82, 2.24) is 20.2 Å². The Balaban J connectivity index is 1.84. The predicted molar refractivity (Wildman–Crippen MR) is 129 cm³/mol. The molecule has 0 bridgehead atoms. The fourth-order valence-electron chi connectivity index (χ4n) is 3.71. The minimum Gasteiger partial charge on any atom is -0.351 e. The molecular formula is C25H26F6N4OS. The molecule has 1 amide bonds. The van der Waals surface area contributed by atoms with Gasteiger partial charge in [-0.05, 0) is 50.1 Å². The van der Waals surface area contributed by atoms with Crippen molar-refractivity contribution in [3.63, 3.8) is 0 Å². The molecule has 1 aromatic carbocycles. The maximum absolute atomic E-state index is 13.8. The zero-order valence-electron chi connectivity index (χ0n) is 20.4. The van der Waals surface area contributed by atoms with E-state index >= 15 is 0 Å². The molecule has 5 nitrogen and oxygen atoms in total. The molecule has 37 heavy (non-hydrogen) atoms. The number of nitrogens with one attached hydrogen (secondary N) is 1. The lowest BCUT2D eigenvalue weighted by Gasteiger charge is -2.25. The smallest absolute Gasteiger partial charge is 0.351 e. The molecule has 2 heterocycles. The van der Waals surface area contributed by atoms with Gasteiger partial charge in [0.2, 0.25) is 0 Å². The number of thiazole rings is 1. The Hall–Kier alpha value is -2.99. The summed E-state index contributed by atoms with van der Waals surface area (Å²) < 4.78 is 80.1. The molecule has 0 aliphatic heterocycles. The molecule has 3 aromatic rings. The fourth-order valence-corrected chi connectivity index (χ4v) is 4.74. The number of nitrogens with zero attached hydrogens (tertiary/aromatic N) is 3. The van der Waals surface area contributed by atoms with Crippen LogP contribution >= 0.6 is 11.3 Å². The second kappa shape index (κ2) is 11.6. The van der Waals surface area contributed by atoms with Crippen LogP contribution in [0.2, 0.25) is 0 Å². The van der Waals surface area contributed by atoms with Gasteiger partial charge in [-0.2, -0.15) is 26.3 Å². The highest BCUT2D eigenvalue weighted by Gasteiger charge is 2.40. The minimum atomic E-state index is -4.88. The van der Waals surface area contributed by atoms with Crippen LogP contribution in [0.1, 0.15) is 52.8 Å². The molecule has 0 unspecified atom stereocenters. The number of halogens is 6. The van der Waals surface area contributed by atoms with Crippen LogP contribution in [0.25, 0.3) is 10.7 Å². The number of alkyl halides is 6. The molecule has 0 fully saturated rings. The van der Waals surface area contributed by atoms with E-state index in [0.29, 0.717) is 29.0 Å². The summed E-state index contributed by atoms with van der Waals surface area (Å²) >= 11 is 0.584. The third kappa shape index (κ3) is 7.29. The van der Waals surface area contributed by atoms with Crippen molar-refractivity contribution >= 4 is 17.2 Å². The average Bonchev–Trinajstić information content (AvgIpc) is 3.28. The first-order valence-electron chi connectivity index (χ1n) is 11.5. The molecular weight excluding hydrogens is 518 g/mol. The van der Waals surface area contributed by atoms with E-state index in [1.807, 2.05) is 20.8 Å². The first-order valence-corrected chi connectivity index (χ1v) is 12.3. The van der Waals surface area contributed by atoms with Gasteiger partial charge in [0.25, 0.3) is 5.91 Å². The molecule has 0 radical (unpaired) electrons. The second-order valence-corrected chi connectivity index (χ2v) is 9.57. The molecule has 2 aromatic heterocycles. The van der Waals surface area contributed by atoms with Crippen LogP contribution in [0.4, 0.5) is 26.3 Å². The standard InChI is InChI=1S/C25H26F6N4OS/c1-4-35(15(2)3)14-17-8-6-11-32-19(17)23-34-21(25(29,30)31)20(37-23)22(36)33-12-10-16-7-5-9-18(13-16)24(26,27)28/h5-9,11,13,15H,4,10,12,14H2,1-3H3,(H,33,36). The van der Waals surface area contributed by atoms with Gasteiger partial charge in [0.15, 0.2) is 5.69 Å². The molecule has 0 aliphatic carbocycles. The summed E-state index contributed by atoms with van der Waals surface area (Å²) in [4.78, 5) is 22.2. The average molecular weight is 545 g/mol. The molecule has 0 atom stereocenters. The first-order chi connectivity index (χ1) is 17.3. The van der Waals surface area contributed by atoms with Crippen LogP contribution in [0.3, 0.4) is 0 Å². The van der Waals surface area contributed by atoms with Gasteiger partial charge in [0.1, 0.15) is 15.6 Å². The second-order valence-electron chi connectivity index (χ2n) is 8.57. The number of pyridine rings is 1. The minimum absolute atomic E-state index is 0.00904. The van der Waals surface area contributed by atoms with E-state index in [-0.39, 0.29) is 29.7 Å². The molecule has 3 rings (SSSR count). The van der Waals surface area contributed by atoms with Gasteiger partial charge in [-0.25, -0.2) is 4.98 Å². The molecule has 0 aliphatic rings. The number of carbonyl (C=O) groups is 1. The van der Waals surface area contributed by atoms with Crippen LogP contribution in [0, 0.1) is 0 Å². The molecule has 0 saturated heterocycles. The topological polar surface area (TPSA) is 58.1 Å². The van der Waals surface area contributed by atoms with Gasteiger partial charge in [0.05, 0.1) is 5.56 Å². The Morgan fingerprint density at radius 3 is 2.43 bits per heavy atom. The first kappa shape index (κ1) is 28.6. The van der Waals surface area contributed by atoms with E-state index in [2.05, 4.69) is 20.2 Å². The van der Waals surface area contributed by atoms with Crippen molar-refractivity contribution < 1.29 is 31.1 Å². The van der Waals surface area contributed by atoms with E-state index in [9.17, 15) is 31.1 Å². The van der Waals surface area contributed by atoms with Crippen LogP contribution < -0.4 is 5.32 Å². The third-order valence-electron chi connectivity index (χ3n) is 5.66. The Morgan fingerprint density at radius 2 is 1.81 bits per heavy atom. The van der Waals surface area contributed by atoms with E-state index in [1.165, 1.54) is 18.3 Å². The highest BCUT2D eigenvalue weighted by molar-refractivity contribution is 7.17. The number of aromatic nitrogens is 2. The Kier molecular flexibility index (Phi) is 8.96. The van der Waals surface area contributed by atoms with Crippen molar-refractivity contribution in [2.24, 2.45) is 0 Å². The van der Waals surface area contributed by atoms with Crippen molar-refractivity contribution in [2.75, 3.05) is 13.1 Å². The maximum atomic E-state index is 13.8. The predicted octanol–water partition coefficient (Wildman–Crippen LogP) is 6.45. The highest BCUT2D eigenvalue weighted by Crippen LogP contribution is 2.38. The van der Waals surface area contributed by atoms with Gasteiger partial charge in [-0.1, -0.05) is 31.2 Å². The van der Waals surface area contributed by atoms with Crippen molar-refractivity contribution in [3.8, 4) is 10.7 Å². The van der Waals surface area contributed by atoms with E-state index < -0.39 is 34.4 Å². The van der Waals surface area contributed by atoms with E-state index in [0.717, 1.165) is 18.7 Å². The number of carbonyl (C=O) groups excluding carboxylic acids is 1. The summed E-state index contributed by atoms with van der Waals surface area (Å²) in [6.45, 7) is 7.00. The van der Waals surface area contributed by atoms with E-state index in [4.69, 9.17) is 0 Å². The van der Waals surface area contributed by atoms with Gasteiger partial charge >= 0.3 is 12.4 Å². The molecule has 0 saturated carbocycles. The molecule has 12 heteroatoms. The zero-order chi connectivity index (χ0) is 27.4. The van der Waals surface area contributed by atoms with Crippen molar-refractivity contribution in [3.05, 3.63) is 69.9 Å². The number of amides is 1. The molecule has 200 valence electrons. The van der Waals surface area contributed by atoms with Crippen molar-refractivity contribution in [2.45, 2.75) is 52.1 Å². The third-order valence-corrected chi connectivity index (χ3v) is 6.72. The summed E-state index contributed by atoms with van der Waals surface area (Å²) in [5, 5.41) is 2.34. The van der Waals surface area contributed by atoms with Crippen LogP contribution in [0.5, 0.6) is 0 Å². The summed E-state index contributed by atoms with van der Waals surface area (Å²) in [5.41, 5.74) is -0.929. The lowest BCUT2D eigenvalue weighted by molar-refractivity contribution is -0.141. The normalized spacial score (nSPS) is 12.4. The fraction of sp³-hybridized carbons (Fsp3) is 0.400. The quantitative estimate of drug-likeness (QED) is 0.315. The summed E-state index contributed by atoms with van der Waals surface area (Å²) in [7, 11) is 0. The van der Waals surface area contributed by atoms with Crippen LogP contribution in [-0.2, 0) is 25.3 Å². The molecule has 1 N–H and O–H groups in total. The number of hydrogen-bond acceptors (Lipinski definition) is 5. The number of hydrogen-bond donors (Lipinski definition) is 1. The lowest BCUT2D eigenvalue weighted by Crippen LogP contribution is -2.30. The number of benzene rings is 1. The van der Waals surface area contributed by atoms with Gasteiger partial charge < -0.3 is 5.32 Å². The van der Waals surface area contributed by atoms with Crippen LogP contribution in [0.15, 0.2) is 42.6 Å². The monoisotopic (exact) mass is 544 g/mol. The summed E-state index contributed by atoms with van der Waals surface area (Å²) in [6, 6.07) is 8.19. The van der Waals surface area contributed by atoms with Crippen LogP contribution in [-0.4, -0.2) is 39.9 Å².